The molecule has 0 spiro atoms. The van der Waals surface area contributed by atoms with Crippen LogP contribution in [0.3, 0.4) is 0 Å². The molecule has 0 aromatic heterocycles. The molecule has 116 valence electrons. The Kier molecular flexibility index (Phi) is 3.88. The van der Waals surface area contributed by atoms with Crippen molar-refractivity contribution >= 4 is 5.97 Å². The molecule has 0 amide bonds. The number of aliphatic carboxylic acids is 1. The minimum absolute atomic E-state index is 0.198. The van der Waals surface area contributed by atoms with Gasteiger partial charge < -0.3 is 9.84 Å². The van der Waals surface area contributed by atoms with Gasteiger partial charge in [-0.1, -0.05) is 17.7 Å². The van der Waals surface area contributed by atoms with Gasteiger partial charge in [0.2, 0.25) is 5.54 Å². The Morgan fingerprint density at radius 3 is 2.71 bits per heavy atom. The van der Waals surface area contributed by atoms with Gasteiger partial charge in [0.1, 0.15) is 11.9 Å². The van der Waals surface area contributed by atoms with Crippen molar-refractivity contribution < 1.29 is 27.8 Å². The van der Waals surface area contributed by atoms with Crippen molar-refractivity contribution in [3.05, 3.63) is 29.3 Å². The lowest BCUT2D eigenvalue weighted by Gasteiger charge is -2.29. The number of benzene rings is 1. The van der Waals surface area contributed by atoms with Crippen LogP contribution in [-0.4, -0.2) is 35.4 Å². The maximum Gasteiger partial charge on any atom is 0.417 e. The Bertz CT molecular complexity index is 559. The van der Waals surface area contributed by atoms with Crippen LogP contribution in [0, 0.1) is 6.92 Å². The number of hydrogen-bond acceptors (Lipinski definition) is 3. The fraction of sp³-hybridized carbons (Fsp3) is 0.500. The number of rotatable bonds is 4. The van der Waals surface area contributed by atoms with E-state index < -0.39 is 23.8 Å². The van der Waals surface area contributed by atoms with Crippen molar-refractivity contribution in [1.29, 1.82) is 0 Å². The summed E-state index contributed by atoms with van der Waals surface area (Å²) in [7, 11) is 0. The first-order valence-electron chi connectivity index (χ1n) is 6.45. The number of hydrogen-bond donors (Lipinski definition) is 2. The average Bonchev–Trinajstić information content (AvgIpc) is 2.76. The fourth-order valence-corrected chi connectivity index (χ4v) is 2.18. The molecule has 1 aliphatic rings. The van der Waals surface area contributed by atoms with Crippen LogP contribution in [0.2, 0.25) is 0 Å². The van der Waals surface area contributed by atoms with E-state index in [0.717, 1.165) is 11.1 Å². The summed E-state index contributed by atoms with van der Waals surface area (Å²) in [6, 6.07) is 5.53. The highest BCUT2D eigenvalue weighted by atomic mass is 19.4. The van der Waals surface area contributed by atoms with Gasteiger partial charge in [-0.15, -0.1) is 0 Å². The first kappa shape index (κ1) is 15.6. The summed E-state index contributed by atoms with van der Waals surface area (Å²) in [5.74, 6) is -1.32. The number of ether oxygens (including phenoxy) is 1. The Balaban J connectivity index is 2.03. The summed E-state index contributed by atoms with van der Waals surface area (Å²) >= 11 is 0. The molecule has 0 aliphatic carbocycles. The molecule has 0 saturated carbocycles. The van der Waals surface area contributed by atoms with Gasteiger partial charge >= 0.3 is 12.1 Å². The standard InChI is InChI=1S/C14H16F3NO3/c1-8-3-4-11-9(5-8)6-10(21-11)7-18-13(2,12(19)20)14(15,16)17/h3-5,10,18H,6-7H2,1-2H3,(H,19,20). The number of fused-ring (bicyclic) bond motifs is 1. The van der Waals surface area contributed by atoms with Crippen LogP contribution in [-0.2, 0) is 11.2 Å². The lowest BCUT2D eigenvalue weighted by atomic mass is 10.0. The molecular weight excluding hydrogens is 287 g/mol. The number of aryl methyl sites for hydroxylation is 1. The van der Waals surface area contributed by atoms with E-state index in [2.05, 4.69) is 5.32 Å². The second-order valence-corrected chi connectivity index (χ2v) is 5.36. The predicted octanol–water partition coefficient (Wildman–Crippen LogP) is 2.29. The summed E-state index contributed by atoms with van der Waals surface area (Å²) in [5.41, 5.74) is -1.02. The van der Waals surface area contributed by atoms with Crippen molar-refractivity contribution in [1.82, 2.24) is 5.32 Å². The molecule has 0 radical (unpaired) electrons. The Morgan fingerprint density at radius 2 is 2.14 bits per heavy atom. The number of carboxylic acid groups (broad SMARTS) is 1. The highest BCUT2D eigenvalue weighted by Crippen LogP contribution is 2.32. The molecule has 2 unspecified atom stereocenters. The number of halogens is 3. The van der Waals surface area contributed by atoms with Crippen LogP contribution >= 0.6 is 0 Å². The van der Waals surface area contributed by atoms with Crippen molar-refractivity contribution in [2.75, 3.05) is 6.54 Å². The monoisotopic (exact) mass is 303 g/mol. The van der Waals surface area contributed by atoms with Crippen molar-refractivity contribution in [2.45, 2.75) is 38.1 Å². The van der Waals surface area contributed by atoms with Gasteiger partial charge in [-0.05, 0) is 25.5 Å². The summed E-state index contributed by atoms with van der Waals surface area (Å²) in [4.78, 5) is 10.9. The molecule has 0 saturated heterocycles. The molecule has 1 aliphatic heterocycles. The lowest BCUT2D eigenvalue weighted by molar-refractivity contribution is -0.206. The Labute approximate surface area is 119 Å². The van der Waals surface area contributed by atoms with Crippen molar-refractivity contribution in [3.8, 4) is 5.75 Å². The first-order valence-corrected chi connectivity index (χ1v) is 6.45. The van der Waals surface area contributed by atoms with E-state index in [9.17, 15) is 18.0 Å². The van der Waals surface area contributed by atoms with Crippen LogP contribution in [0.15, 0.2) is 18.2 Å². The molecule has 21 heavy (non-hydrogen) atoms. The number of carbonyl (C=O) groups is 1. The number of alkyl halides is 3. The van der Waals surface area contributed by atoms with E-state index in [1.54, 1.807) is 6.07 Å². The molecule has 2 N–H and O–H groups in total. The van der Waals surface area contributed by atoms with E-state index in [4.69, 9.17) is 9.84 Å². The topological polar surface area (TPSA) is 58.6 Å². The molecule has 1 heterocycles. The predicted molar refractivity (Wildman–Crippen MR) is 69.4 cm³/mol. The van der Waals surface area contributed by atoms with E-state index in [-0.39, 0.29) is 6.54 Å². The van der Waals surface area contributed by atoms with Gasteiger partial charge in [-0.25, -0.2) is 4.79 Å². The molecule has 0 fully saturated rings. The first-order chi connectivity index (χ1) is 9.63. The zero-order chi connectivity index (χ0) is 15.8. The van der Waals surface area contributed by atoms with Gasteiger partial charge in [0, 0.05) is 13.0 Å². The highest BCUT2D eigenvalue weighted by molar-refractivity contribution is 5.79. The van der Waals surface area contributed by atoms with Crippen molar-refractivity contribution in [2.24, 2.45) is 0 Å². The smallest absolute Gasteiger partial charge is 0.417 e. The molecule has 2 rings (SSSR count). The second kappa shape index (κ2) is 5.22. The van der Waals surface area contributed by atoms with Crippen LogP contribution in [0.4, 0.5) is 13.2 Å². The van der Waals surface area contributed by atoms with Gasteiger partial charge in [0.25, 0.3) is 0 Å². The van der Waals surface area contributed by atoms with E-state index >= 15 is 0 Å². The van der Waals surface area contributed by atoms with Gasteiger partial charge in [0.05, 0.1) is 0 Å². The Hall–Kier alpha value is -1.76. The Morgan fingerprint density at radius 1 is 1.48 bits per heavy atom. The average molecular weight is 303 g/mol. The van der Waals surface area contributed by atoms with Crippen LogP contribution in [0.5, 0.6) is 5.75 Å². The van der Waals surface area contributed by atoms with E-state index in [1.165, 1.54) is 0 Å². The fourth-order valence-electron chi connectivity index (χ4n) is 2.18. The second-order valence-electron chi connectivity index (χ2n) is 5.36. The minimum Gasteiger partial charge on any atom is -0.488 e. The van der Waals surface area contributed by atoms with Crippen LogP contribution in [0.25, 0.3) is 0 Å². The molecule has 1 aromatic rings. The largest absolute Gasteiger partial charge is 0.488 e. The molecule has 4 nitrogen and oxygen atoms in total. The third kappa shape index (κ3) is 2.97. The van der Waals surface area contributed by atoms with E-state index in [0.29, 0.717) is 19.1 Å². The zero-order valence-corrected chi connectivity index (χ0v) is 11.6. The molecule has 2 atom stereocenters. The van der Waals surface area contributed by atoms with E-state index in [1.807, 2.05) is 19.1 Å². The minimum atomic E-state index is -4.89. The van der Waals surface area contributed by atoms with Gasteiger partial charge in [-0.3, -0.25) is 5.32 Å². The number of nitrogens with one attached hydrogen (secondary N) is 1. The maximum atomic E-state index is 12.9. The SMILES string of the molecule is Cc1ccc2c(c1)CC(CNC(C)(C(=O)O)C(F)(F)F)O2. The summed E-state index contributed by atoms with van der Waals surface area (Å²) in [6.07, 6.45) is -4.94. The third-order valence-electron chi connectivity index (χ3n) is 3.64. The zero-order valence-electron chi connectivity index (χ0n) is 11.6. The molecule has 1 aromatic carbocycles. The molecule has 7 heteroatoms. The molecule has 0 bridgehead atoms. The van der Waals surface area contributed by atoms with Crippen LogP contribution in [0.1, 0.15) is 18.1 Å². The van der Waals surface area contributed by atoms with Crippen molar-refractivity contribution in [3.63, 3.8) is 0 Å². The lowest BCUT2D eigenvalue weighted by Crippen LogP contribution is -2.61. The quantitative estimate of drug-likeness (QED) is 0.896. The van der Waals surface area contributed by atoms with Crippen LogP contribution < -0.4 is 10.1 Å². The number of carboxylic acids is 1. The highest BCUT2D eigenvalue weighted by Gasteiger charge is 2.57. The summed E-state index contributed by atoms with van der Waals surface area (Å²) < 4.78 is 44.1. The third-order valence-corrected chi connectivity index (χ3v) is 3.64. The van der Waals surface area contributed by atoms with Gasteiger partial charge in [0.15, 0.2) is 0 Å². The molecular formula is C14H16F3NO3. The van der Waals surface area contributed by atoms with Gasteiger partial charge in [-0.2, -0.15) is 13.2 Å². The summed E-state index contributed by atoms with van der Waals surface area (Å²) in [5, 5.41) is 10.9. The summed E-state index contributed by atoms with van der Waals surface area (Å²) in [6.45, 7) is 2.33. The normalized spacial score (nSPS) is 20.5. The maximum absolute atomic E-state index is 12.9.